The van der Waals surface area contributed by atoms with Crippen LogP contribution in [0.1, 0.15) is 91.7 Å². The number of nitrogens with zero attached hydrogens (tertiary/aromatic N) is 1. The standard InChI is InChI=1S/C27H44N4O5/c1-7-9-18-31(23(20-14-11-10-12-15-20)24(33)29-19(3)13-8-2)25(34)21(16-17-22(28)32)30-26(35)36-27(4,5)6/h10-12,14-15,19,21,23H,7-9,13,16-18H2,1-6H3,(H2,28,32)(H,29,33)(H,30,35). The Morgan fingerprint density at radius 2 is 1.64 bits per heavy atom. The Morgan fingerprint density at radius 1 is 1.00 bits per heavy atom. The lowest BCUT2D eigenvalue weighted by Gasteiger charge is -2.35. The van der Waals surface area contributed by atoms with Gasteiger partial charge in [-0.05, 0) is 52.5 Å². The number of rotatable bonds is 14. The van der Waals surface area contributed by atoms with E-state index in [1.807, 2.05) is 39.0 Å². The van der Waals surface area contributed by atoms with Gasteiger partial charge < -0.3 is 26.0 Å². The second-order valence-corrected chi connectivity index (χ2v) is 10.1. The molecule has 3 unspecified atom stereocenters. The largest absolute Gasteiger partial charge is 0.444 e. The SMILES string of the molecule is CCCCN(C(=O)C(CCC(N)=O)NC(=O)OC(C)(C)C)C(C(=O)NC(C)CCC)c1ccccc1. The van der Waals surface area contributed by atoms with Crippen LogP contribution in [-0.2, 0) is 19.1 Å². The van der Waals surface area contributed by atoms with Gasteiger partial charge in [-0.25, -0.2) is 4.79 Å². The molecule has 0 aliphatic carbocycles. The number of unbranched alkanes of at least 4 members (excludes halogenated alkanes) is 1. The summed E-state index contributed by atoms with van der Waals surface area (Å²) in [5.74, 6) is -1.36. The van der Waals surface area contributed by atoms with Crippen molar-refractivity contribution < 1.29 is 23.9 Å². The predicted octanol–water partition coefficient (Wildman–Crippen LogP) is 3.82. The average Bonchev–Trinajstić information content (AvgIpc) is 2.78. The Hall–Kier alpha value is -3.10. The van der Waals surface area contributed by atoms with Gasteiger partial charge in [-0.3, -0.25) is 14.4 Å². The molecule has 1 aromatic rings. The lowest BCUT2D eigenvalue weighted by Crippen LogP contribution is -2.54. The van der Waals surface area contributed by atoms with Crippen LogP contribution < -0.4 is 16.4 Å². The number of amides is 4. The van der Waals surface area contributed by atoms with Crippen molar-refractivity contribution in [1.82, 2.24) is 15.5 Å². The maximum Gasteiger partial charge on any atom is 0.408 e. The zero-order valence-corrected chi connectivity index (χ0v) is 22.6. The maximum atomic E-state index is 13.9. The van der Waals surface area contributed by atoms with Crippen molar-refractivity contribution in [1.29, 1.82) is 0 Å². The van der Waals surface area contributed by atoms with Crippen LogP contribution in [0.3, 0.4) is 0 Å². The van der Waals surface area contributed by atoms with Crippen molar-refractivity contribution in [3.8, 4) is 0 Å². The minimum absolute atomic E-state index is 0.00853. The number of alkyl carbamates (subject to hydrolysis) is 1. The lowest BCUT2D eigenvalue weighted by atomic mass is 10.0. The fourth-order valence-electron chi connectivity index (χ4n) is 3.82. The first kappa shape index (κ1) is 30.9. The minimum Gasteiger partial charge on any atom is -0.444 e. The third kappa shape index (κ3) is 11.1. The summed E-state index contributed by atoms with van der Waals surface area (Å²) in [6.45, 7) is 11.4. The van der Waals surface area contributed by atoms with Crippen LogP contribution in [0.5, 0.6) is 0 Å². The predicted molar refractivity (Wildman–Crippen MR) is 140 cm³/mol. The van der Waals surface area contributed by atoms with Gasteiger partial charge in [0.05, 0.1) is 0 Å². The van der Waals surface area contributed by atoms with Crippen molar-refractivity contribution in [3.05, 3.63) is 35.9 Å². The van der Waals surface area contributed by atoms with Crippen LogP contribution in [0.15, 0.2) is 30.3 Å². The zero-order valence-electron chi connectivity index (χ0n) is 22.6. The van der Waals surface area contributed by atoms with E-state index in [2.05, 4.69) is 10.6 Å². The van der Waals surface area contributed by atoms with Gasteiger partial charge >= 0.3 is 6.09 Å². The molecule has 36 heavy (non-hydrogen) atoms. The van der Waals surface area contributed by atoms with E-state index < -0.39 is 35.6 Å². The molecule has 202 valence electrons. The van der Waals surface area contributed by atoms with Gasteiger partial charge in [0.25, 0.3) is 0 Å². The van der Waals surface area contributed by atoms with Gasteiger partial charge in [-0.1, -0.05) is 57.0 Å². The summed E-state index contributed by atoms with van der Waals surface area (Å²) in [6, 6.07) is 7.03. The number of carbonyl (C=O) groups is 4. The highest BCUT2D eigenvalue weighted by Crippen LogP contribution is 2.24. The fourth-order valence-corrected chi connectivity index (χ4v) is 3.82. The molecule has 0 saturated carbocycles. The Morgan fingerprint density at radius 3 is 2.17 bits per heavy atom. The monoisotopic (exact) mass is 504 g/mol. The van der Waals surface area contributed by atoms with Crippen LogP contribution in [0.4, 0.5) is 4.79 Å². The molecular formula is C27H44N4O5. The maximum absolute atomic E-state index is 13.9. The molecule has 0 aliphatic rings. The summed E-state index contributed by atoms with van der Waals surface area (Å²) >= 11 is 0. The number of benzene rings is 1. The molecular weight excluding hydrogens is 460 g/mol. The number of hydrogen-bond donors (Lipinski definition) is 3. The third-order valence-electron chi connectivity index (χ3n) is 5.49. The van der Waals surface area contributed by atoms with Gasteiger partial charge in [-0.15, -0.1) is 0 Å². The van der Waals surface area contributed by atoms with Gasteiger partial charge in [-0.2, -0.15) is 0 Å². The molecule has 4 N–H and O–H groups in total. The summed E-state index contributed by atoms with van der Waals surface area (Å²) in [5.41, 5.74) is 5.23. The van der Waals surface area contributed by atoms with E-state index in [0.717, 1.165) is 19.3 Å². The molecule has 9 heteroatoms. The van der Waals surface area contributed by atoms with Crippen LogP contribution in [-0.4, -0.2) is 52.9 Å². The molecule has 9 nitrogen and oxygen atoms in total. The smallest absolute Gasteiger partial charge is 0.408 e. The second-order valence-electron chi connectivity index (χ2n) is 10.1. The van der Waals surface area contributed by atoms with Crippen molar-refractivity contribution in [3.63, 3.8) is 0 Å². The molecule has 0 aliphatic heterocycles. The van der Waals surface area contributed by atoms with Crippen molar-refractivity contribution in [2.24, 2.45) is 5.73 Å². The number of nitrogens with two attached hydrogens (primary N) is 1. The molecule has 0 fully saturated rings. The van der Waals surface area contributed by atoms with Crippen LogP contribution in [0, 0.1) is 0 Å². The highest BCUT2D eigenvalue weighted by molar-refractivity contribution is 5.92. The van der Waals surface area contributed by atoms with Crippen LogP contribution in [0.25, 0.3) is 0 Å². The molecule has 0 radical (unpaired) electrons. The van der Waals surface area contributed by atoms with E-state index in [4.69, 9.17) is 10.5 Å². The van der Waals surface area contributed by atoms with E-state index in [-0.39, 0.29) is 24.8 Å². The molecule has 3 atom stereocenters. The Bertz CT molecular complexity index is 853. The second kappa shape index (κ2) is 15.1. The van der Waals surface area contributed by atoms with Crippen molar-refractivity contribution in [2.75, 3.05) is 6.54 Å². The van der Waals surface area contributed by atoms with Gasteiger partial charge in [0.15, 0.2) is 0 Å². The summed E-state index contributed by atoms with van der Waals surface area (Å²) in [5, 5.41) is 5.63. The van der Waals surface area contributed by atoms with Gasteiger partial charge in [0, 0.05) is 19.0 Å². The third-order valence-corrected chi connectivity index (χ3v) is 5.49. The first-order valence-corrected chi connectivity index (χ1v) is 12.8. The first-order chi connectivity index (χ1) is 16.9. The average molecular weight is 505 g/mol. The van der Waals surface area contributed by atoms with Crippen molar-refractivity contribution >= 4 is 23.8 Å². The van der Waals surface area contributed by atoms with Gasteiger partial charge in [0.2, 0.25) is 17.7 Å². The molecule has 0 heterocycles. The number of hydrogen-bond acceptors (Lipinski definition) is 5. The molecule has 0 aromatic heterocycles. The van der Waals surface area contributed by atoms with Crippen LogP contribution >= 0.6 is 0 Å². The quantitative estimate of drug-likeness (QED) is 0.354. The van der Waals surface area contributed by atoms with E-state index in [1.54, 1.807) is 32.9 Å². The van der Waals surface area contributed by atoms with E-state index in [9.17, 15) is 19.2 Å². The van der Waals surface area contributed by atoms with E-state index in [1.165, 1.54) is 4.90 Å². The molecule has 0 saturated heterocycles. The number of ether oxygens (including phenoxy) is 1. The van der Waals surface area contributed by atoms with Gasteiger partial charge in [0.1, 0.15) is 17.7 Å². The Kier molecular flexibility index (Phi) is 13.0. The fraction of sp³-hybridized carbons (Fsp3) is 0.630. The van der Waals surface area contributed by atoms with E-state index >= 15 is 0 Å². The lowest BCUT2D eigenvalue weighted by molar-refractivity contribution is -0.143. The number of carbonyl (C=O) groups excluding carboxylic acids is 4. The number of nitrogens with one attached hydrogen (secondary N) is 2. The molecule has 0 spiro atoms. The highest BCUT2D eigenvalue weighted by Gasteiger charge is 2.36. The highest BCUT2D eigenvalue weighted by atomic mass is 16.6. The molecule has 1 aromatic carbocycles. The topological polar surface area (TPSA) is 131 Å². The summed E-state index contributed by atoms with van der Waals surface area (Å²) in [6.07, 6.45) is 2.27. The Balaban J connectivity index is 3.41. The minimum atomic E-state index is -1.09. The molecule has 0 bridgehead atoms. The normalized spacial score (nSPS) is 13.7. The van der Waals surface area contributed by atoms with Crippen LogP contribution in [0.2, 0.25) is 0 Å². The summed E-state index contributed by atoms with van der Waals surface area (Å²) < 4.78 is 5.34. The van der Waals surface area contributed by atoms with E-state index in [0.29, 0.717) is 18.5 Å². The Labute approximate surface area is 215 Å². The summed E-state index contributed by atoms with van der Waals surface area (Å²) in [7, 11) is 0. The summed E-state index contributed by atoms with van der Waals surface area (Å²) in [4.78, 5) is 53.0. The first-order valence-electron chi connectivity index (χ1n) is 12.8. The van der Waals surface area contributed by atoms with Crippen molar-refractivity contribution in [2.45, 2.75) is 104 Å². The zero-order chi connectivity index (χ0) is 27.3. The number of primary amides is 1. The molecule has 4 amide bonds. The molecule has 1 rings (SSSR count).